The van der Waals surface area contributed by atoms with Crippen molar-refractivity contribution in [1.82, 2.24) is 18.8 Å². The van der Waals surface area contributed by atoms with Gasteiger partial charge in [0.05, 0.1) is 28.1 Å². The zero-order valence-electron chi connectivity index (χ0n) is 19.3. The van der Waals surface area contributed by atoms with Gasteiger partial charge in [-0.05, 0) is 51.3 Å². The molecule has 32 heavy (non-hydrogen) atoms. The second kappa shape index (κ2) is 9.49. The van der Waals surface area contributed by atoms with Crippen molar-refractivity contribution in [2.45, 2.75) is 76.5 Å². The summed E-state index contributed by atoms with van der Waals surface area (Å²) >= 11 is 0. The van der Waals surface area contributed by atoms with E-state index in [1.807, 2.05) is 24.8 Å². The van der Waals surface area contributed by atoms with Gasteiger partial charge in [0.1, 0.15) is 5.82 Å². The molecule has 8 nitrogen and oxygen atoms in total. The summed E-state index contributed by atoms with van der Waals surface area (Å²) in [5.41, 5.74) is 1.60. The SMILES string of the molecule is CCCn1c(CCC(=O)N2CC(C)OC(C)C2)nc2cc(S(=O)(=O)N3CCCC3)ccc21. The van der Waals surface area contributed by atoms with Crippen LogP contribution in [0.1, 0.15) is 52.3 Å². The van der Waals surface area contributed by atoms with E-state index in [0.717, 1.165) is 37.1 Å². The monoisotopic (exact) mass is 462 g/mol. The van der Waals surface area contributed by atoms with Crippen molar-refractivity contribution in [2.75, 3.05) is 26.2 Å². The summed E-state index contributed by atoms with van der Waals surface area (Å²) in [7, 11) is -3.49. The standard InChI is InChI=1S/C23H34N4O4S/c1-4-11-27-21-8-7-19(32(29,30)26-12-5-6-13-26)14-20(21)24-22(27)9-10-23(28)25-15-17(2)31-18(3)16-25/h7-8,14,17-18H,4-6,9-13,15-16H2,1-3H3. The summed E-state index contributed by atoms with van der Waals surface area (Å²) in [6, 6.07) is 5.23. The number of aryl methyl sites for hydroxylation is 2. The summed E-state index contributed by atoms with van der Waals surface area (Å²) in [5, 5.41) is 0. The highest BCUT2D eigenvalue weighted by Crippen LogP contribution is 2.26. The Labute approximate surface area is 190 Å². The van der Waals surface area contributed by atoms with Crippen molar-refractivity contribution >= 4 is 27.0 Å². The molecule has 2 aliphatic heterocycles. The molecule has 1 aromatic heterocycles. The number of benzene rings is 1. The molecule has 2 aromatic rings. The molecule has 0 spiro atoms. The lowest BCUT2D eigenvalue weighted by molar-refractivity contribution is -0.143. The molecule has 1 amide bonds. The fourth-order valence-corrected chi connectivity index (χ4v) is 6.36. The van der Waals surface area contributed by atoms with E-state index in [9.17, 15) is 13.2 Å². The van der Waals surface area contributed by atoms with Gasteiger partial charge in [0.15, 0.2) is 0 Å². The lowest BCUT2D eigenvalue weighted by Crippen LogP contribution is -2.48. The van der Waals surface area contributed by atoms with Gasteiger partial charge < -0.3 is 14.2 Å². The highest BCUT2D eigenvalue weighted by Gasteiger charge is 2.28. The molecule has 176 valence electrons. The maximum atomic E-state index is 13.0. The van der Waals surface area contributed by atoms with Crippen molar-refractivity contribution in [3.63, 3.8) is 0 Å². The summed E-state index contributed by atoms with van der Waals surface area (Å²) < 4.78 is 35.4. The topological polar surface area (TPSA) is 84.7 Å². The van der Waals surface area contributed by atoms with Crippen molar-refractivity contribution in [2.24, 2.45) is 0 Å². The number of hydrogen-bond acceptors (Lipinski definition) is 5. The molecule has 2 unspecified atom stereocenters. The number of carbonyl (C=O) groups is 1. The predicted octanol–water partition coefficient (Wildman–Crippen LogP) is 2.80. The van der Waals surface area contributed by atoms with Crippen LogP contribution in [-0.4, -0.2) is 71.5 Å². The largest absolute Gasteiger partial charge is 0.372 e. The Morgan fingerprint density at radius 1 is 1.16 bits per heavy atom. The first-order chi connectivity index (χ1) is 15.3. The number of sulfonamides is 1. The number of carbonyl (C=O) groups excluding carboxylic acids is 1. The number of rotatable bonds is 7. The molecule has 2 aliphatic rings. The van der Waals surface area contributed by atoms with Crippen molar-refractivity contribution in [3.8, 4) is 0 Å². The summed E-state index contributed by atoms with van der Waals surface area (Å²) in [6.45, 7) is 9.26. The van der Waals surface area contributed by atoms with Gasteiger partial charge in [-0.2, -0.15) is 4.31 Å². The van der Waals surface area contributed by atoms with Gasteiger partial charge >= 0.3 is 0 Å². The Morgan fingerprint density at radius 2 is 1.84 bits per heavy atom. The minimum absolute atomic E-state index is 0.0448. The third-order valence-corrected chi connectivity index (χ3v) is 8.18. The molecule has 0 N–H and O–H groups in total. The van der Waals surface area contributed by atoms with Crippen LogP contribution in [0.4, 0.5) is 0 Å². The van der Waals surface area contributed by atoms with Crippen molar-refractivity contribution in [3.05, 3.63) is 24.0 Å². The highest BCUT2D eigenvalue weighted by molar-refractivity contribution is 7.89. The molecule has 2 atom stereocenters. The average Bonchev–Trinajstić information content (AvgIpc) is 3.40. The molecule has 4 rings (SSSR count). The van der Waals surface area contributed by atoms with E-state index >= 15 is 0 Å². The fourth-order valence-electron chi connectivity index (χ4n) is 4.82. The lowest BCUT2D eigenvalue weighted by Gasteiger charge is -2.35. The van der Waals surface area contributed by atoms with Crippen LogP contribution in [0.15, 0.2) is 23.1 Å². The second-order valence-electron chi connectivity index (χ2n) is 9.00. The maximum Gasteiger partial charge on any atom is 0.243 e. The van der Waals surface area contributed by atoms with E-state index in [1.54, 1.807) is 16.4 Å². The number of amides is 1. The number of ether oxygens (including phenoxy) is 1. The van der Waals surface area contributed by atoms with Crippen LogP contribution in [0, 0.1) is 0 Å². The number of nitrogens with zero attached hydrogens (tertiary/aromatic N) is 4. The number of hydrogen-bond donors (Lipinski definition) is 0. The van der Waals surface area contributed by atoms with Crippen LogP contribution in [0.5, 0.6) is 0 Å². The molecule has 1 aromatic carbocycles. The quantitative estimate of drug-likeness (QED) is 0.632. The lowest BCUT2D eigenvalue weighted by atomic mass is 10.2. The smallest absolute Gasteiger partial charge is 0.243 e. The summed E-state index contributed by atoms with van der Waals surface area (Å²) in [5.74, 6) is 0.944. The van der Waals surface area contributed by atoms with Gasteiger partial charge in [0, 0.05) is 45.6 Å². The Hall–Kier alpha value is -1.97. The highest BCUT2D eigenvalue weighted by atomic mass is 32.2. The predicted molar refractivity (Wildman–Crippen MR) is 123 cm³/mol. The molecule has 3 heterocycles. The number of aromatic nitrogens is 2. The summed E-state index contributed by atoms with van der Waals surface area (Å²) in [6.07, 6.45) is 3.75. The van der Waals surface area contributed by atoms with Crippen LogP contribution in [-0.2, 0) is 32.5 Å². The maximum absolute atomic E-state index is 13.0. The Morgan fingerprint density at radius 3 is 2.50 bits per heavy atom. The van der Waals surface area contributed by atoms with Gasteiger partial charge in [-0.15, -0.1) is 0 Å². The first-order valence-corrected chi connectivity index (χ1v) is 13.2. The van der Waals surface area contributed by atoms with E-state index in [1.165, 1.54) is 0 Å². The van der Waals surface area contributed by atoms with Crippen LogP contribution >= 0.6 is 0 Å². The van der Waals surface area contributed by atoms with Gasteiger partial charge in [-0.1, -0.05) is 6.92 Å². The van der Waals surface area contributed by atoms with E-state index in [0.29, 0.717) is 49.4 Å². The Balaban J connectivity index is 1.55. The number of imidazole rings is 1. The first-order valence-electron chi connectivity index (χ1n) is 11.7. The van der Waals surface area contributed by atoms with Gasteiger partial charge in [0.2, 0.25) is 15.9 Å². The van der Waals surface area contributed by atoms with E-state index < -0.39 is 10.0 Å². The molecule has 0 radical (unpaired) electrons. The Bertz CT molecular complexity index is 1070. The van der Waals surface area contributed by atoms with Gasteiger partial charge in [0.25, 0.3) is 0 Å². The zero-order valence-corrected chi connectivity index (χ0v) is 20.1. The minimum atomic E-state index is -3.49. The van der Waals surface area contributed by atoms with E-state index in [2.05, 4.69) is 11.5 Å². The van der Waals surface area contributed by atoms with Gasteiger partial charge in [-0.25, -0.2) is 13.4 Å². The van der Waals surface area contributed by atoms with Crippen LogP contribution in [0.3, 0.4) is 0 Å². The van der Waals surface area contributed by atoms with Crippen molar-refractivity contribution in [1.29, 1.82) is 0 Å². The zero-order chi connectivity index (χ0) is 22.9. The molecule has 2 saturated heterocycles. The fraction of sp³-hybridized carbons (Fsp3) is 0.652. The average molecular weight is 463 g/mol. The molecule has 9 heteroatoms. The van der Waals surface area contributed by atoms with Crippen molar-refractivity contribution < 1.29 is 17.9 Å². The molecular formula is C23H34N4O4S. The second-order valence-corrected chi connectivity index (χ2v) is 10.9. The van der Waals surface area contributed by atoms with Crippen LogP contribution < -0.4 is 0 Å². The molecule has 0 bridgehead atoms. The molecule has 0 saturated carbocycles. The molecule has 0 aliphatic carbocycles. The minimum Gasteiger partial charge on any atom is -0.372 e. The summed E-state index contributed by atoms with van der Waals surface area (Å²) in [4.78, 5) is 19.8. The van der Waals surface area contributed by atoms with Crippen LogP contribution in [0.25, 0.3) is 11.0 Å². The van der Waals surface area contributed by atoms with Gasteiger partial charge in [-0.3, -0.25) is 4.79 Å². The molecule has 2 fully saturated rings. The Kier molecular flexibility index (Phi) is 6.88. The number of fused-ring (bicyclic) bond motifs is 1. The first kappa shape index (κ1) is 23.2. The van der Waals surface area contributed by atoms with E-state index in [-0.39, 0.29) is 18.1 Å². The van der Waals surface area contributed by atoms with E-state index in [4.69, 9.17) is 9.72 Å². The third kappa shape index (κ3) is 4.70. The normalized spacial score (nSPS) is 22.7. The molecular weight excluding hydrogens is 428 g/mol. The third-order valence-electron chi connectivity index (χ3n) is 6.28. The number of morpholine rings is 1. The van der Waals surface area contributed by atoms with Crippen LogP contribution in [0.2, 0.25) is 0 Å².